The van der Waals surface area contributed by atoms with E-state index in [9.17, 15) is 4.79 Å². The Morgan fingerprint density at radius 1 is 1.44 bits per heavy atom. The lowest BCUT2D eigenvalue weighted by atomic mass is 10.1. The van der Waals surface area contributed by atoms with E-state index in [-0.39, 0.29) is 12.1 Å². The van der Waals surface area contributed by atoms with Crippen molar-refractivity contribution < 1.29 is 9.53 Å². The van der Waals surface area contributed by atoms with E-state index in [1.54, 1.807) is 11.1 Å². The van der Waals surface area contributed by atoms with Gasteiger partial charge in [0.1, 0.15) is 5.60 Å². The summed E-state index contributed by atoms with van der Waals surface area (Å²) in [5, 5.41) is 4.45. The number of fused-ring (bicyclic) bond motifs is 1. The number of amides is 1. The molecule has 1 aliphatic heterocycles. The zero-order chi connectivity index (χ0) is 18.2. The number of benzene rings is 1. The number of hydrogen-bond acceptors (Lipinski definition) is 5. The van der Waals surface area contributed by atoms with Gasteiger partial charge in [-0.1, -0.05) is 15.9 Å². The largest absolute Gasteiger partial charge is 0.444 e. The average Bonchev–Trinajstić information content (AvgIpc) is 2.97. The summed E-state index contributed by atoms with van der Waals surface area (Å²) in [4.78, 5) is 18.3. The zero-order valence-electron chi connectivity index (χ0n) is 14.7. The maximum absolute atomic E-state index is 12.2. The van der Waals surface area contributed by atoms with E-state index in [1.165, 1.54) is 0 Å². The highest BCUT2D eigenvalue weighted by Crippen LogP contribution is 2.31. The number of ether oxygens (including phenoxy) is 1. The van der Waals surface area contributed by atoms with Crippen molar-refractivity contribution in [2.75, 3.05) is 24.1 Å². The van der Waals surface area contributed by atoms with Gasteiger partial charge in [0.15, 0.2) is 0 Å². The number of anilines is 2. The first-order chi connectivity index (χ1) is 11.7. The van der Waals surface area contributed by atoms with E-state index >= 15 is 0 Å². The molecule has 134 valence electrons. The predicted octanol–water partition coefficient (Wildman–Crippen LogP) is 4.00. The molecule has 1 saturated heterocycles. The fourth-order valence-corrected chi connectivity index (χ4v) is 3.28. The van der Waals surface area contributed by atoms with Crippen molar-refractivity contribution in [2.24, 2.45) is 0 Å². The first kappa shape index (κ1) is 17.8. The van der Waals surface area contributed by atoms with Crippen LogP contribution < -0.4 is 11.1 Å². The molecular formula is C18H23BrN4O2. The molecule has 0 bridgehead atoms. The van der Waals surface area contributed by atoms with E-state index in [0.29, 0.717) is 18.8 Å². The van der Waals surface area contributed by atoms with Crippen molar-refractivity contribution >= 4 is 44.3 Å². The summed E-state index contributed by atoms with van der Waals surface area (Å²) >= 11 is 3.49. The molecule has 2 heterocycles. The molecule has 0 saturated carbocycles. The van der Waals surface area contributed by atoms with Crippen LogP contribution in [-0.2, 0) is 4.74 Å². The lowest BCUT2D eigenvalue weighted by Crippen LogP contribution is -2.36. The maximum Gasteiger partial charge on any atom is 0.410 e. The number of carbonyl (C=O) groups is 1. The summed E-state index contributed by atoms with van der Waals surface area (Å²) in [6, 6.07) is 6.03. The molecule has 0 unspecified atom stereocenters. The van der Waals surface area contributed by atoms with E-state index in [1.807, 2.05) is 39.0 Å². The summed E-state index contributed by atoms with van der Waals surface area (Å²) in [5.41, 5.74) is 8.00. The van der Waals surface area contributed by atoms with Crippen LogP contribution in [0.2, 0.25) is 0 Å². The fraction of sp³-hybridized carbons (Fsp3) is 0.444. The Hall–Kier alpha value is -2.02. The standard InChI is InChI=1S/C18H23BrN4O2/c1-18(2,3)25-17(24)23-7-6-12(10-23)22-16-13-8-11(19)4-5-15(13)21-9-14(16)20/h4-5,8-9,12H,6-7,10,20H2,1-3H3,(H,21,22)/t12-/m1/s1. The van der Waals surface area contributed by atoms with Crippen LogP contribution in [0.1, 0.15) is 27.2 Å². The van der Waals surface area contributed by atoms with Gasteiger partial charge in [0.05, 0.1) is 23.1 Å². The SMILES string of the molecule is CC(C)(C)OC(=O)N1CC[C@@H](Nc2c(N)cnc3ccc(Br)cc23)C1. The van der Waals surface area contributed by atoms with Crippen molar-refractivity contribution in [3.05, 3.63) is 28.9 Å². The number of pyridine rings is 1. The molecule has 3 rings (SSSR count). The van der Waals surface area contributed by atoms with E-state index in [2.05, 4.69) is 26.2 Å². The molecule has 25 heavy (non-hydrogen) atoms. The molecule has 0 radical (unpaired) electrons. The summed E-state index contributed by atoms with van der Waals surface area (Å²) in [6.45, 7) is 6.88. The number of nitrogens with zero attached hydrogens (tertiary/aromatic N) is 2. The number of likely N-dealkylation sites (tertiary alicyclic amines) is 1. The number of nitrogens with two attached hydrogens (primary N) is 1. The van der Waals surface area contributed by atoms with Crippen molar-refractivity contribution in [3.63, 3.8) is 0 Å². The molecule has 6 nitrogen and oxygen atoms in total. The van der Waals surface area contributed by atoms with Crippen LogP contribution in [-0.4, -0.2) is 40.7 Å². The van der Waals surface area contributed by atoms with Crippen LogP contribution in [0.15, 0.2) is 28.9 Å². The highest BCUT2D eigenvalue weighted by atomic mass is 79.9. The van der Waals surface area contributed by atoms with Gasteiger partial charge in [-0.3, -0.25) is 4.98 Å². The van der Waals surface area contributed by atoms with E-state index in [4.69, 9.17) is 10.5 Å². The summed E-state index contributed by atoms with van der Waals surface area (Å²) in [6.07, 6.45) is 2.24. The third-order valence-electron chi connectivity index (χ3n) is 4.05. The van der Waals surface area contributed by atoms with Crippen LogP contribution in [0.25, 0.3) is 10.9 Å². The monoisotopic (exact) mass is 406 g/mol. The van der Waals surface area contributed by atoms with Crippen LogP contribution in [0.3, 0.4) is 0 Å². The van der Waals surface area contributed by atoms with Gasteiger partial charge in [0, 0.05) is 29.0 Å². The molecule has 1 aromatic carbocycles. The zero-order valence-corrected chi connectivity index (χ0v) is 16.3. The van der Waals surface area contributed by atoms with Crippen LogP contribution in [0, 0.1) is 0 Å². The highest BCUT2D eigenvalue weighted by Gasteiger charge is 2.30. The third kappa shape index (κ3) is 4.15. The number of nitrogens with one attached hydrogen (secondary N) is 1. The Kier molecular flexibility index (Phi) is 4.77. The van der Waals surface area contributed by atoms with Crippen molar-refractivity contribution in [1.82, 2.24) is 9.88 Å². The molecule has 1 amide bonds. The first-order valence-corrected chi connectivity index (χ1v) is 9.10. The molecule has 2 aromatic rings. The maximum atomic E-state index is 12.2. The first-order valence-electron chi connectivity index (χ1n) is 8.31. The number of rotatable bonds is 2. The normalized spacial score (nSPS) is 17.8. The van der Waals surface area contributed by atoms with E-state index in [0.717, 1.165) is 27.5 Å². The van der Waals surface area contributed by atoms with Gasteiger partial charge in [-0.15, -0.1) is 0 Å². The summed E-state index contributed by atoms with van der Waals surface area (Å²) in [7, 11) is 0. The summed E-state index contributed by atoms with van der Waals surface area (Å²) < 4.78 is 6.42. The highest BCUT2D eigenvalue weighted by molar-refractivity contribution is 9.10. The molecule has 3 N–H and O–H groups in total. The molecule has 0 aliphatic carbocycles. The lowest BCUT2D eigenvalue weighted by Gasteiger charge is -2.24. The van der Waals surface area contributed by atoms with Crippen molar-refractivity contribution in [1.29, 1.82) is 0 Å². The Balaban J connectivity index is 1.76. The molecular weight excluding hydrogens is 384 g/mol. The van der Waals surface area contributed by atoms with Gasteiger partial charge in [-0.2, -0.15) is 0 Å². The van der Waals surface area contributed by atoms with Gasteiger partial charge in [-0.25, -0.2) is 4.79 Å². The topological polar surface area (TPSA) is 80.5 Å². The Bertz CT molecular complexity index is 798. The second kappa shape index (κ2) is 6.71. The van der Waals surface area contributed by atoms with Gasteiger partial charge in [-0.05, 0) is 45.4 Å². The predicted molar refractivity (Wildman–Crippen MR) is 104 cm³/mol. The Labute approximate surface area is 155 Å². The molecule has 1 aromatic heterocycles. The van der Waals surface area contributed by atoms with Gasteiger partial charge in [0.2, 0.25) is 0 Å². The summed E-state index contributed by atoms with van der Waals surface area (Å²) in [5.74, 6) is 0. The number of hydrogen-bond donors (Lipinski definition) is 2. The van der Waals surface area contributed by atoms with Crippen molar-refractivity contribution in [2.45, 2.75) is 38.8 Å². The number of aromatic nitrogens is 1. The molecule has 0 spiro atoms. The van der Waals surface area contributed by atoms with Crippen LogP contribution in [0.4, 0.5) is 16.2 Å². The Morgan fingerprint density at radius 3 is 2.92 bits per heavy atom. The number of carbonyl (C=O) groups excluding carboxylic acids is 1. The van der Waals surface area contributed by atoms with E-state index < -0.39 is 5.60 Å². The molecule has 7 heteroatoms. The second-order valence-electron chi connectivity index (χ2n) is 7.31. The van der Waals surface area contributed by atoms with Crippen LogP contribution >= 0.6 is 15.9 Å². The smallest absolute Gasteiger partial charge is 0.410 e. The van der Waals surface area contributed by atoms with Gasteiger partial charge in [0.25, 0.3) is 0 Å². The van der Waals surface area contributed by atoms with Gasteiger partial charge >= 0.3 is 6.09 Å². The molecule has 1 fully saturated rings. The Morgan fingerprint density at radius 2 is 2.20 bits per heavy atom. The minimum absolute atomic E-state index is 0.124. The third-order valence-corrected chi connectivity index (χ3v) is 4.54. The average molecular weight is 407 g/mol. The molecule has 1 atom stereocenters. The van der Waals surface area contributed by atoms with Crippen molar-refractivity contribution in [3.8, 4) is 0 Å². The van der Waals surface area contributed by atoms with Gasteiger partial charge < -0.3 is 20.7 Å². The molecule has 1 aliphatic rings. The van der Waals surface area contributed by atoms with Crippen LogP contribution in [0.5, 0.6) is 0 Å². The minimum atomic E-state index is -0.486. The minimum Gasteiger partial charge on any atom is -0.444 e. The quantitative estimate of drug-likeness (QED) is 0.787. The fourth-order valence-electron chi connectivity index (χ4n) is 2.92. The second-order valence-corrected chi connectivity index (χ2v) is 8.22. The number of nitrogen functional groups attached to an aromatic ring is 1. The lowest BCUT2D eigenvalue weighted by molar-refractivity contribution is 0.0293. The number of halogens is 1.